The van der Waals surface area contributed by atoms with Gasteiger partial charge in [-0.05, 0) is 37.1 Å². The Hall–Kier alpha value is -2.89. The molecule has 2 aromatic heterocycles. The van der Waals surface area contributed by atoms with E-state index in [2.05, 4.69) is 26.8 Å². The Balaban J connectivity index is 2.05. The van der Waals surface area contributed by atoms with Crippen LogP contribution >= 0.6 is 0 Å². The van der Waals surface area contributed by atoms with Crippen molar-refractivity contribution in [3.8, 4) is 17.0 Å². The van der Waals surface area contributed by atoms with Gasteiger partial charge in [-0.25, -0.2) is 9.50 Å². The molecule has 6 nitrogen and oxygen atoms in total. The summed E-state index contributed by atoms with van der Waals surface area (Å²) in [6.07, 6.45) is 2.19. The number of hydrogen-bond donors (Lipinski definition) is 1. The molecule has 1 unspecified atom stereocenters. The van der Waals surface area contributed by atoms with E-state index >= 15 is 0 Å². The Kier molecular flexibility index (Phi) is 5.04. The average Bonchev–Trinajstić information content (AvgIpc) is 3.30. The molecular formula is C24H29N3O3. The zero-order valence-corrected chi connectivity index (χ0v) is 18.3. The van der Waals surface area contributed by atoms with Gasteiger partial charge in [0.25, 0.3) is 0 Å². The number of carboxylic acids is 1. The van der Waals surface area contributed by atoms with Gasteiger partial charge in [-0.15, -0.1) is 0 Å². The van der Waals surface area contributed by atoms with E-state index in [-0.39, 0.29) is 5.41 Å². The molecule has 1 atom stereocenters. The smallest absolute Gasteiger partial charge is 0.311 e. The van der Waals surface area contributed by atoms with Crippen LogP contribution in [0.4, 0.5) is 0 Å². The van der Waals surface area contributed by atoms with Crippen molar-refractivity contribution >= 4 is 11.6 Å². The molecule has 6 heteroatoms. The second-order valence-electron chi connectivity index (χ2n) is 9.11. The number of aryl methyl sites for hydroxylation is 1. The minimum atomic E-state index is -0.824. The molecule has 158 valence electrons. The minimum absolute atomic E-state index is 0.138. The molecule has 0 amide bonds. The zero-order valence-electron chi connectivity index (χ0n) is 18.3. The van der Waals surface area contributed by atoms with Gasteiger partial charge in [-0.1, -0.05) is 34.1 Å². The maximum absolute atomic E-state index is 12.2. The summed E-state index contributed by atoms with van der Waals surface area (Å²) in [7, 11) is 0. The van der Waals surface area contributed by atoms with Gasteiger partial charge in [0.1, 0.15) is 5.75 Å². The van der Waals surface area contributed by atoms with Crippen molar-refractivity contribution in [1.29, 1.82) is 0 Å². The highest BCUT2D eigenvalue weighted by Gasteiger charge is 2.29. The third-order valence-corrected chi connectivity index (χ3v) is 5.78. The van der Waals surface area contributed by atoms with Gasteiger partial charge in [-0.3, -0.25) is 4.79 Å². The third-order valence-electron chi connectivity index (χ3n) is 5.78. The standard InChI is InChI=1S/C24H29N3O3/c1-6-7-17(23(28)29)21-14(2)25-20-13-19(24(3,4)5)26-27(20)22(21)16-8-9-18-15(12-16)10-11-30-18/h8-9,12-13,17H,6-7,10-11H2,1-5H3,(H,28,29). The van der Waals surface area contributed by atoms with Crippen molar-refractivity contribution < 1.29 is 14.6 Å². The third kappa shape index (κ3) is 3.44. The van der Waals surface area contributed by atoms with Crippen LogP contribution in [0.1, 0.15) is 69.0 Å². The number of carbonyl (C=O) groups is 1. The lowest BCUT2D eigenvalue weighted by Gasteiger charge is -2.20. The topological polar surface area (TPSA) is 76.7 Å². The van der Waals surface area contributed by atoms with Crippen LogP contribution in [0.3, 0.4) is 0 Å². The monoisotopic (exact) mass is 407 g/mol. The molecule has 0 saturated carbocycles. The Labute approximate surface area is 176 Å². The summed E-state index contributed by atoms with van der Waals surface area (Å²) in [6.45, 7) is 10.9. The van der Waals surface area contributed by atoms with Crippen LogP contribution in [-0.4, -0.2) is 32.3 Å². The summed E-state index contributed by atoms with van der Waals surface area (Å²) in [6, 6.07) is 8.10. The summed E-state index contributed by atoms with van der Waals surface area (Å²) in [4.78, 5) is 17.0. The SMILES string of the molecule is CCCC(C(=O)O)c1c(C)nc2cc(C(C)(C)C)nn2c1-c1ccc2c(c1)CCO2. The van der Waals surface area contributed by atoms with E-state index in [4.69, 9.17) is 14.8 Å². The molecule has 0 bridgehead atoms. The fraction of sp³-hybridized carbons (Fsp3) is 0.458. The van der Waals surface area contributed by atoms with Crippen LogP contribution in [0.25, 0.3) is 16.9 Å². The predicted octanol–water partition coefficient (Wildman–Crippen LogP) is 4.91. The van der Waals surface area contributed by atoms with Gasteiger partial charge in [0.05, 0.1) is 23.9 Å². The summed E-state index contributed by atoms with van der Waals surface area (Å²) < 4.78 is 7.51. The van der Waals surface area contributed by atoms with E-state index in [0.717, 1.165) is 58.0 Å². The van der Waals surface area contributed by atoms with Crippen molar-refractivity contribution in [3.05, 3.63) is 46.8 Å². The molecule has 4 rings (SSSR count). The predicted molar refractivity (Wildman–Crippen MR) is 116 cm³/mol. The van der Waals surface area contributed by atoms with Crippen LogP contribution in [0.2, 0.25) is 0 Å². The number of nitrogens with zero attached hydrogens (tertiary/aromatic N) is 3. The van der Waals surface area contributed by atoms with Gasteiger partial charge >= 0.3 is 5.97 Å². The summed E-state index contributed by atoms with van der Waals surface area (Å²) in [5.74, 6) is -0.551. The molecule has 1 aliphatic rings. The summed E-state index contributed by atoms with van der Waals surface area (Å²) in [5.41, 5.74) is 5.95. The highest BCUT2D eigenvalue weighted by Crippen LogP contribution is 2.38. The van der Waals surface area contributed by atoms with Crippen molar-refractivity contribution in [2.75, 3.05) is 6.61 Å². The van der Waals surface area contributed by atoms with E-state index in [1.807, 2.05) is 36.6 Å². The number of carboxylic acid groups (broad SMARTS) is 1. The summed E-state index contributed by atoms with van der Waals surface area (Å²) in [5, 5.41) is 14.9. The Morgan fingerprint density at radius 1 is 1.30 bits per heavy atom. The maximum Gasteiger partial charge on any atom is 0.311 e. The molecule has 1 N–H and O–H groups in total. The number of aliphatic carboxylic acids is 1. The first-order chi connectivity index (χ1) is 14.2. The fourth-order valence-electron chi connectivity index (χ4n) is 4.21. The minimum Gasteiger partial charge on any atom is -0.493 e. The van der Waals surface area contributed by atoms with Crippen LogP contribution in [0.5, 0.6) is 5.75 Å². The Morgan fingerprint density at radius 3 is 2.73 bits per heavy atom. The molecule has 0 saturated heterocycles. The first kappa shape index (κ1) is 20.4. The molecule has 1 aromatic carbocycles. The van der Waals surface area contributed by atoms with Gasteiger partial charge in [0.2, 0.25) is 0 Å². The van der Waals surface area contributed by atoms with E-state index in [9.17, 15) is 9.90 Å². The first-order valence-electron chi connectivity index (χ1n) is 10.6. The molecule has 1 aliphatic heterocycles. The number of hydrogen-bond acceptors (Lipinski definition) is 4. The second-order valence-corrected chi connectivity index (χ2v) is 9.11. The van der Waals surface area contributed by atoms with Crippen molar-refractivity contribution in [3.63, 3.8) is 0 Å². The van der Waals surface area contributed by atoms with E-state index < -0.39 is 11.9 Å². The molecular weight excluding hydrogens is 378 g/mol. The number of ether oxygens (including phenoxy) is 1. The summed E-state index contributed by atoms with van der Waals surface area (Å²) >= 11 is 0. The van der Waals surface area contributed by atoms with Crippen LogP contribution in [0, 0.1) is 6.92 Å². The normalized spacial score (nSPS) is 14.6. The van der Waals surface area contributed by atoms with E-state index in [1.54, 1.807) is 0 Å². The second kappa shape index (κ2) is 7.42. The Morgan fingerprint density at radius 2 is 2.07 bits per heavy atom. The lowest BCUT2D eigenvalue weighted by atomic mass is 9.89. The number of aromatic nitrogens is 3. The van der Waals surface area contributed by atoms with Crippen LogP contribution < -0.4 is 4.74 Å². The molecule has 0 fully saturated rings. The van der Waals surface area contributed by atoms with Gasteiger partial charge < -0.3 is 9.84 Å². The lowest BCUT2D eigenvalue weighted by molar-refractivity contribution is -0.139. The highest BCUT2D eigenvalue weighted by molar-refractivity contribution is 5.82. The molecule has 0 radical (unpaired) electrons. The van der Waals surface area contributed by atoms with Crippen LogP contribution in [0.15, 0.2) is 24.3 Å². The maximum atomic E-state index is 12.2. The quantitative estimate of drug-likeness (QED) is 0.651. The van der Waals surface area contributed by atoms with Gasteiger partial charge in [0, 0.05) is 34.7 Å². The van der Waals surface area contributed by atoms with Crippen molar-refractivity contribution in [2.24, 2.45) is 0 Å². The van der Waals surface area contributed by atoms with Gasteiger partial charge in [0.15, 0.2) is 5.65 Å². The van der Waals surface area contributed by atoms with Crippen molar-refractivity contribution in [1.82, 2.24) is 14.6 Å². The first-order valence-corrected chi connectivity index (χ1v) is 10.6. The van der Waals surface area contributed by atoms with E-state index in [0.29, 0.717) is 13.0 Å². The molecule has 0 aliphatic carbocycles. The van der Waals surface area contributed by atoms with Crippen molar-refractivity contribution in [2.45, 2.75) is 65.2 Å². The molecule has 3 heterocycles. The average molecular weight is 408 g/mol. The van der Waals surface area contributed by atoms with Gasteiger partial charge in [-0.2, -0.15) is 5.10 Å². The molecule has 0 spiro atoms. The fourth-order valence-corrected chi connectivity index (χ4v) is 4.21. The Bertz CT molecular complexity index is 1120. The highest BCUT2D eigenvalue weighted by atomic mass is 16.5. The van der Waals surface area contributed by atoms with Crippen LogP contribution in [-0.2, 0) is 16.6 Å². The zero-order chi connectivity index (χ0) is 21.6. The number of benzene rings is 1. The number of rotatable bonds is 5. The largest absolute Gasteiger partial charge is 0.493 e. The molecule has 30 heavy (non-hydrogen) atoms. The van der Waals surface area contributed by atoms with E-state index in [1.165, 1.54) is 0 Å². The molecule has 3 aromatic rings. The lowest BCUT2D eigenvalue weighted by Crippen LogP contribution is -2.17. The number of fused-ring (bicyclic) bond motifs is 2.